The van der Waals surface area contributed by atoms with E-state index in [1.54, 1.807) is 6.07 Å². The Balaban J connectivity index is 1.70. The molecule has 2 nitrogen and oxygen atoms in total. The van der Waals surface area contributed by atoms with E-state index in [4.69, 9.17) is 4.74 Å². The minimum absolute atomic E-state index is 0.242. The lowest BCUT2D eigenvalue weighted by atomic mass is 10.0. The average Bonchev–Trinajstić information content (AvgIpc) is 2.95. The van der Waals surface area contributed by atoms with Gasteiger partial charge in [0.2, 0.25) is 0 Å². The molecule has 2 aromatic rings. The van der Waals surface area contributed by atoms with E-state index in [9.17, 15) is 13.6 Å². The third-order valence-corrected chi connectivity index (χ3v) is 3.67. The Morgan fingerprint density at radius 2 is 1.86 bits per heavy atom. The predicted octanol–water partition coefficient (Wildman–Crippen LogP) is 3.72. The molecule has 0 bridgehead atoms. The summed E-state index contributed by atoms with van der Waals surface area (Å²) in [6.45, 7) is -0.306. The standard InChI is InChI=1S/C17H14F2O2/c18-14-6-7-15(19)17(9-14)21-10-16(20)13-5-4-11-2-1-3-12(11)8-13/h4-9H,1-3,10H2. The number of rotatable bonds is 4. The molecule has 0 amide bonds. The molecule has 0 aromatic heterocycles. The third-order valence-electron chi connectivity index (χ3n) is 3.67. The normalized spacial score (nSPS) is 13.0. The van der Waals surface area contributed by atoms with Crippen molar-refractivity contribution in [3.05, 3.63) is 64.7 Å². The maximum Gasteiger partial charge on any atom is 0.200 e. The molecule has 1 aliphatic rings. The zero-order valence-corrected chi connectivity index (χ0v) is 11.4. The first-order chi connectivity index (χ1) is 10.1. The van der Waals surface area contributed by atoms with Gasteiger partial charge in [0, 0.05) is 11.6 Å². The van der Waals surface area contributed by atoms with Crippen LogP contribution in [-0.4, -0.2) is 12.4 Å². The summed E-state index contributed by atoms with van der Waals surface area (Å²) in [6, 6.07) is 8.51. The zero-order chi connectivity index (χ0) is 14.8. The molecule has 3 rings (SSSR count). The van der Waals surface area contributed by atoms with Gasteiger partial charge in [-0.05, 0) is 48.6 Å². The quantitative estimate of drug-likeness (QED) is 0.802. The second-order valence-corrected chi connectivity index (χ2v) is 5.12. The Morgan fingerprint density at radius 1 is 1.05 bits per heavy atom. The summed E-state index contributed by atoms with van der Waals surface area (Å²) < 4.78 is 31.5. The highest BCUT2D eigenvalue weighted by Crippen LogP contribution is 2.23. The highest BCUT2D eigenvalue weighted by molar-refractivity contribution is 5.97. The van der Waals surface area contributed by atoms with Gasteiger partial charge in [-0.3, -0.25) is 4.79 Å². The number of ether oxygens (including phenoxy) is 1. The molecule has 0 aliphatic heterocycles. The summed E-state index contributed by atoms with van der Waals surface area (Å²) in [5, 5.41) is 0. The van der Waals surface area contributed by atoms with Crippen LogP contribution < -0.4 is 4.74 Å². The summed E-state index contributed by atoms with van der Waals surface area (Å²) in [7, 11) is 0. The number of hydrogen-bond donors (Lipinski definition) is 0. The van der Waals surface area contributed by atoms with Gasteiger partial charge in [-0.15, -0.1) is 0 Å². The van der Waals surface area contributed by atoms with Crippen molar-refractivity contribution in [3.8, 4) is 5.75 Å². The summed E-state index contributed by atoms with van der Waals surface area (Å²) in [4.78, 5) is 12.1. The van der Waals surface area contributed by atoms with Crippen LogP contribution in [0.3, 0.4) is 0 Å². The van der Waals surface area contributed by atoms with Gasteiger partial charge in [0.15, 0.2) is 24.0 Å². The molecule has 0 saturated heterocycles. The average molecular weight is 288 g/mol. The van der Waals surface area contributed by atoms with E-state index in [-0.39, 0.29) is 18.1 Å². The number of aryl methyl sites for hydroxylation is 2. The minimum Gasteiger partial charge on any atom is -0.482 e. The lowest BCUT2D eigenvalue weighted by molar-refractivity contribution is 0.0918. The van der Waals surface area contributed by atoms with E-state index in [1.165, 1.54) is 11.1 Å². The van der Waals surface area contributed by atoms with Gasteiger partial charge >= 0.3 is 0 Å². The van der Waals surface area contributed by atoms with Crippen LogP contribution in [0.2, 0.25) is 0 Å². The predicted molar refractivity (Wildman–Crippen MR) is 74.7 cm³/mol. The monoisotopic (exact) mass is 288 g/mol. The molecule has 0 spiro atoms. The van der Waals surface area contributed by atoms with Gasteiger partial charge in [0.25, 0.3) is 0 Å². The largest absolute Gasteiger partial charge is 0.482 e. The summed E-state index contributed by atoms with van der Waals surface area (Å²) in [6.07, 6.45) is 3.14. The van der Waals surface area contributed by atoms with Crippen molar-refractivity contribution in [2.24, 2.45) is 0 Å². The van der Waals surface area contributed by atoms with E-state index in [2.05, 4.69) is 0 Å². The zero-order valence-electron chi connectivity index (χ0n) is 11.4. The van der Waals surface area contributed by atoms with Gasteiger partial charge < -0.3 is 4.74 Å². The first kappa shape index (κ1) is 13.7. The van der Waals surface area contributed by atoms with Crippen LogP contribution in [-0.2, 0) is 12.8 Å². The van der Waals surface area contributed by atoms with Crippen LogP contribution in [0.15, 0.2) is 36.4 Å². The van der Waals surface area contributed by atoms with Gasteiger partial charge in [-0.2, -0.15) is 0 Å². The molecular weight excluding hydrogens is 274 g/mol. The van der Waals surface area contributed by atoms with Crippen molar-refractivity contribution >= 4 is 5.78 Å². The second kappa shape index (κ2) is 5.64. The minimum atomic E-state index is -0.682. The number of carbonyl (C=O) groups is 1. The molecule has 2 aromatic carbocycles. The smallest absolute Gasteiger partial charge is 0.200 e. The summed E-state index contributed by atoms with van der Waals surface area (Å²) >= 11 is 0. The van der Waals surface area contributed by atoms with Crippen LogP contribution in [0.1, 0.15) is 27.9 Å². The Bertz CT molecular complexity index is 695. The topological polar surface area (TPSA) is 26.3 Å². The highest BCUT2D eigenvalue weighted by Gasteiger charge is 2.15. The fraction of sp³-hybridized carbons (Fsp3) is 0.235. The molecule has 0 radical (unpaired) electrons. The molecule has 0 unspecified atom stereocenters. The van der Waals surface area contributed by atoms with Crippen molar-refractivity contribution in [1.82, 2.24) is 0 Å². The number of Topliss-reactive ketones (excluding diaryl/α,β-unsaturated/α-hetero) is 1. The Hall–Kier alpha value is -2.23. The third kappa shape index (κ3) is 2.94. The van der Waals surface area contributed by atoms with Gasteiger partial charge in [-0.1, -0.05) is 12.1 Å². The van der Waals surface area contributed by atoms with Crippen molar-refractivity contribution in [1.29, 1.82) is 0 Å². The molecule has 1 aliphatic carbocycles. The van der Waals surface area contributed by atoms with Crippen molar-refractivity contribution in [2.45, 2.75) is 19.3 Å². The number of ketones is 1. The van der Waals surface area contributed by atoms with E-state index in [0.29, 0.717) is 5.56 Å². The van der Waals surface area contributed by atoms with E-state index in [1.807, 2.05) is 12.1 Å². The van der Waals surface area contributed by atoms with Crippen LogP contribution in [0.25, 0.3) is 0 Å². The van der Waals surface area contributed by atoms with Crippen LogP contribution >= 0.6 is 0 Å². The van der Waals surface area contributed by atoms with Gasteiger partial charge in [0.05, 0.1) is 0 Å². The van der Waals surface area contributed by atoms with Crippen LogP contribution in [0.4, 0.5) is 8.78 Å². The molecule has 0 fully saturated rings. The first-order valence-electron chi connectivity index (χ1n) is 6.86. The van der Waals surface area contributed by atoms with Crippen molar-refractivity contribution in [2.75, 3.05) is 6.61 Å². The SMILES string of the molecule is O=C(COc1cc(F)ccc1F)c1ccc2c(c1)CCC2. The number of fused-ring (bicyclic) bond motifs is 1. The number of halogens is 2. The Morgan fingerprint density at radius 3 is 2.71 bits per heavy atom. The molecule has 0 saturated carbocycles. The van der Waals surface area contributed by atoms with E-state index >= 15 is 0 Å². The van der Waals surface area contributed by atoms with Crippen molar-refractivity contribution in [3.63, 3.8) is 0 Å². The van der Waals surface area contributed by atoms with Crippen LogP contribution in [0.5, 0.6) is 5.75 Å². The maximum atomic E-state index is 13.4. The molecule has 0 heterocycles. The maximum absolute atomic E-state index is 13.4. The lowest BCUT2D eigenvalue weighted by Gasteiger charge is -2.08. The fourth-order valence-corrected chi connectivity index (χ4v) is 2.56. The molecule has 0 atom stereocenters. The molecule has 21 heavy (non-hydrogen) atoms. The summed E-state index contributed by atoms with van der Waals surface area (Å²) in [5.74, 6) is -1.77. The molecule has 0 N–H and O–H groups in total. The number of hydrogen-bond acceptors (Lipinski definition) is 2. The van der Waals surface area contributed by atoms with Crippen molar-refractivity contribution < 1.29 is 18.3 Å². The van der Waals surface area contributed by atoms with Crippen LogP contribution in [0, 0.1) is 11.6 Å². The lowest BCUT2D eigenvalue weighted by Crippen LogP contribution is -2.12. The van der Waals surface area contributed by atoms with Gasteiger partial charge in [0.1, 0.15) is 5.82 Å². The van der Waals surface area contributed by atoms with E-state index in [0.717, 1.165) is 37.5 Å². The highest BCUT2D eigenvalue weighted by atomic mass is 19.1. The fourth-order valence-electron chi connectivity index (χ4n) is 2.56. The Labute approximate surface area is 121 Å². The van der Waals surface area contributed by atoms with E-state index < -0.39 is 11.6 Å². The van der Waals surface area contributed by atoms with Gasteiger partial charge in [-0.25, -0.2) is 8.78 Å². The first-order valence-corrected chi connectivity index (χ1v) is 6.86. The number of benzene rings is 2. The summed E-state index contributed by atoms with van der Waals surface area (Å²) in [5.41, 5.74) is 3.02. The number of carbonyl (C=O) groups excluding carboxylic acids is 1. The molecule has 108 valence electrons. The second-order valence-electron chi connectivity index (χ2n) is 5.12. The Kier molecular flexibility index (Phi) is 3.69. The molecule has 4 heteroatoms. The molecular formula is C17H14F2O2.